The molecule has 0 N–H and O–H groups in total. The molecule has 1 unspecified atom stereocenters. The Labute approximate surface area is 110 Å². The van der Waals surface area contributed by atoms with Crippen LogP contribution in [0.15, 0.2) is 36.9 Å². The van der Waals surface area contributed by atoms with E-state index in [2.05, 4.69) is 4.98 Å². The van der Waals surface area contributed by atoms with Crippen molar-refractivity contribution in [2.75, 3.05) is 0 Å². The molecule has 2 rings (SSSR count). The normalized spacial score (nSPS) is 12.2. The Balaban J connectivity index is 2.09. The lowest BCUT2D eigenvalue weighted by Crippen LogP contribution is -2.28. The van der Waals surface area contributed by atoms with E-state index in [0.29, 0.717) is 10.8 Å². The zero-order valence-corrected chi connectivity index (χ0v) is 10.9. The molecule has 0 amide bonds. The third-order valence-electron chi connectivity index (χ3n) is 2.55. The minimum Gasteiger partial charge on any atom is -0.481 e. The highest BCUT2D eigenvalue weighted by molar-refractivity contribution is 6.31. The van der Waals surface area contributed by atoms with E-state index in [1.165, 1.54) is 10.9 Å². The first kappa shape index (κ1) is 12.6. The number of benzene rings is 1. The van der Waals surface area contributed by atoms with Crippen molar-refractivity contribution in [3.63, 3.8) is 0 Å². The molecule has 0 saturated carbocycles. The van der Waals surface area contributed by atoms with E-state index >= 15 is 0 Å². The summed E-state index contributed by atoms with van der Waals surface area (Å²) < 4.78 is 6.98. The SMILES string of the molecule is Cc1cc(OC(C)C(=O)n2ccnc2)ccc1Cl. The molecule has 4 nitrogen and oxygen atoms in total. The Hall–Kier alpha value is -1.81. The molecule has 0 saturated heterocycles. The molecule has 0 bridgehead atoms. The van der Waals surface area contributed by atoms with Crippen molar-refractivity contribution in [3.05, 3.63) is 47.5 Å². The van der Waals surface area contributed by atoms with Crippen molar-refractivity contribution in [1.82, 2.24) is 9.55 Å². The van der Waals surface area contributed by atoms with Crippen LogP contribution in [0.3, 0.4) is 0 Å². The molecular weight excluding hydrogens is 252 g/mol. The number of imidazole rings is 1. The molecule has 0 fully saturated rings. The lowest BCUT2D eigenvalue weighted by atomic mass is 10.2. The van der Waals surface area contributed by atoms with E-state index < -0.39 is 6.10 Å². The summed E-state index contributed by atoms with van der Waals surface area (Å²) in [6.45, 7) is 3.59. The first-order valence-electron chi connectivity index (χ1n) is 5.53. The molecule has 5 heteroatoms. The van der Waals surface area contributed by atoms with Crippen LogP contribution in [0, 0.1) is 6.92 Å². The third kappa shape index (κ3) is 2.71. The van der Waals surface area contributed by atoms with Gasteiger partial charge >= 0.3 is 0 Å². The third-order valence-corrected chi connectivity index (χ3v) is 2.97. The molecule has 0 spiro atoms. The smallest absolute Gasteiger partial charge is 0.272 e. The summed E-state index contributed by atoms with van der Waals surface area (Å²) in [7, 11) is 0. The number of carbonyl (C=O) groups is 1. The van der Waals surface area contributed by atoms with Crippen LogP contribution < -0.4 is 4.74 Å². The largest absolute Gasteiger partial charge is 0.481 e. The first-order chi connectivity index (χ1) is 8.58. The van der Waals surface area contributed by atoms with Crippen molar-refractivity contribution < 1.29 is 9.53 Å². The second-order valence-electron chi connectivity index (χ2n) is 3.98. The number of ether oxygens (including phenoxy) is 1. The van der Waals surface area contributed by atoms with E-state index in [-0.39, 0.29) is 5.91 Å². The first-order valence-corrected chi connectivity index (χ1v) is 5.90. The number of rotatable bonds is 3. The monoisotopic (exact) mass is 264 g/mol. The van der Waals surface area contributed by atoms with Crippen LogP contribution in [0.4, 0.5) is 0 Å². The van der Waals surface area contributed by atoms with Gasteiger partial charge < -0.3 is 4.74 Å². The van der Waals surface area contributed by atoms with Gasteiger partial charge in [0.2, 0.25) is 0 Å². The Kier molecular flexibility index (Phi) is 3.67. The molecule has 0 aliphatic carbocycles. The van der Waals surface area contributed by atoms with Crippen molar-refractivity contribution in [3.8, 4) is 5.75 Å². The minimum absolute atomic E-state index is 0.167. The Morgan fingerprint density at radius 3 is 2.89 bits per heavy atom. The average molecular weight is 265 g/mol. The highest BCUT2D eigenvalue weighted by Gasteiger charge is 2.16. The maximum absolute atomic E-state index is 11.9. The molecule has 1 atom stereocenters. The summed E-state index contributed by atoms with van der Waals surface area (Å²) in [6, 6.07) is 5.30. The van der Waals surface area contributed by atoms with E-state index in [0.717, 1.165) is 5.56 Å². The molecule has 1 heterocycles. The number of aromatic nitrogens is 2. The maximum atomic E-state index is 11.9. The lowest BCUT2D eigenvalue weighted by molar-refractivity contribution is 0.0727. The number of aryl methyl sites for hydroxylation is 1. The molecule has 0 aliphatic heterocycles. The van der Waals surface area contributed by atoms with E-state index in [1.807, 2.05) is 6.92 Å². The minimum atomic E-state index is -0.584. The van der Waals surface area contributed by atoms with Crippen LogP contribution in [0.5, 0.6) is 5.75 Å². The molecule has 1 aromatic carbocycles. The predicted octanol–water partition coefficient (Wildman–Crippen LogP) is 2.95. The Morgan fingerprint density at radius 1 is 1.50 bits per heavy atom. The standard InChI is InChI=1S/C13H13ClN2O2/c1-9-7-11(3-4-12(9)14)18-10(2)13(17)16-6-5-15-8-16/h3-8,10H,1-2H3. The highest BCUT2D eigenvalue weighted by Crippen LogP contribution is 2.22. The highest BCUT2D eigenvalue weighted by atomic mass is 35.5. The lowest BCUT2D eigenvalue weighted by Gasteiger charge is -2.14. The second-order valence-corrected chi connectivity index (χ2v) is 4.39. The quantitative estimate of drug-likeness (QED) is 0.856. The molecule has 94 valence electrons. The molecule has 0 radical (unpaired) electrons. The summed E-state index contributed by atoms with van der Waals surface area (Å²) in [5.41, 5.74) is 0.913. The van der Waals surface area contributed by atoms with Crippen LogP contribution >= 0.6 is 11.6 Å². The predicted molar refractivity (Wildman–Crippen MR) is 69.1 cm³/mol. The van der Waals surface area contributed by atoms with Crippen LogP contribution in [0.1, 0.15) is 17.3 Å². The maximum Gasteiger partial charge on any atom is 0.272 e. The van der Waals surface area contributed by atoms with E-state index in [9.17, 15) is 4.79 Å². The number of halogens is 1. The second kappa shape index (κ2) is 5.23. The Bertz CT molecular complexity index is 552. The van der Waals surface area contributed by atoms with Gasteiger partial charge in [-0.05, 0) is 37.6 Å². The van der Waals surface area contributed by atoms with Gasteiger partial charge in [0.15, 0.2) is 6.10 Å². The zero-order chi connectivity index (χ0) is 13.1. The molecule has 1 aromatic heterocycles. The average Bonchev–Trinajstić information content (AvgIpc) is 2.86. The van der Waals surface area contributed by atoms with Gasteiger partial charge in [-0.25, -0.2) is 4.98 Å². The zero-order valence-electron chi connectivity index (χ0n) is 10.1. The van der Waals surface area contributed by atoms with Crippen molar-refractivity contribution in [2.45, 2.75) is 20.0 Å². The number of carbonyl (C=O) groups excluding carboxylic acids is 1. The van der Waals surface area contributed by atoms with Gasteiger partial charge in [0.25, 0.3) is 5.91 Å². The van der Waals surface area contributed by atoms with E-state index in [1.54, 1.807) is 37.5 Å². The van der Waals surface area contributed by atoms with Gasteiger partial charge in [-0.1, -0.05) is 11.6 Å². The topological polar surface area (TPSA) is 44.1 Å². The summed E-state index contributed by atoms with van der Waals surface area (Å²) in [5.74, 6) is 0.456. The van der Waals surface area contributed by atoms with Gasteiger partial charge in [-0.15, -0.1) is 0 Å². The van der Waals surface area contributed by atoms with Crippen LogP contribution in [-0.2, 0) is 0 Å². The number of hydrogen-bond acceptors (Lipinski definition) is 3. The van der Waals surface area contributed by atoms with Gasteiger partial charge in [0.05, 0.1) is 0 Å². The summed E-state index contributed by atoms with van der Waals surface area (Å²) >= 11 is 5.93. The van der Waals surface area contributed by atoms with Crippen molar-refractivity contribution >= 4 is 17.5 Å². The fraction of sp³-hybridized carbons (Fsp3) is 0.231. The molecule has 0 aliphatic rings. The van der Waals surface area contributed by atoms with Gasteiger partial charge in [-0.2, -0.15) is 0 Å². The summed E-state index contributed by atoms with van der Waals surface area (Å²) in [6.07, 6.45) is 4.02. The van der Waals surface area contributed by atoms with Crippen molar-refractivity contribution in [1.29, 1.82) is 0 Å². The fourth-order valence-corrected chi connectivity index (χ4v) is 1.66. The van der Waals surface area contributed by atoms with Crippen molar-refractivity contribution in [2.24, 2.45) is 0 Å². The Morgan fingerprint density at radius 2 is 2.28 bits per heavy atom. The molecule has 2 aromatic rings. The van der Waals surface area contributed by atoms with Crippen LogP contribution in [0.25, 0.3) is 0 Å². The van der Waals surface area contributed by atoms with Crippen LogP contribution in [-0.4, -0.2) is 21.6 Å². The number of hydrogen-bond donors (Lipinski definition) is 0. The fourth-order valence-electron chi connectivity index (χ4n) is 1.54. The summed E-state index contributed by atoms with van der Waals surface area (Å²) in [5, 5.41) is 0.677. The molecular formula is C13H13ClN2O2. The molecule has 18 heavy (non-hydrogen) atoms. The van der Waals surface area contributed by atoms with E-state index in [4.69, 9.17) is 16.3 Å². The van der Waals surface area contributed by atoms with Gasteiger partial charge in [0, 0.05) is 17.4 Å². The summed E-state index contributed by atoms with van der Waals surface area (Å²) in [4.78, 5) is 15.8. The number of nitrogens with zero attached hydrogens (tertiary/aromatic N) is 2. The van der Waals surface area contributed by atoms with Gasteiger partial charge in [0.1, 0.15) is 12.1 Å². The van der Waals surface area contributed by atoms with Crippen LogP contribution in [0.2, 0.25) is 5.02 Å². The van der Waals surface area contributed by atoms with Gasteiger partial charge in [-0.3, -0.25) is 9.36 Å².